The standard InChI is InChI=1S/C48H28N2OS/c1-2-10-29(11-3-1)31-18-21-32(22-19-31)44-47-45(38-16-8-9-17-43(38)52-47)50-48(49-44)41-28-40-39-27-35(34-23-20-30-12-4-5-13-33(30)26-34)24-25-42(39)51-46(40)37-15-7-6-14-36(37)41/h1-28H. The minimum atomic E-state index is 0.705. The van der Waals surface area contributed by atoms with Crippen LogP contribution in [0.25, 0.3) is 109 Å². The van der Waals surface area contributed by atoms with Gasteiger partial charge in [-0.1, -0.05) is 140 Å². The van der Waals surface area contributed by atoms with E-state index in [1.54, 1.807) is 11.3 Å². The molecule has 4 heteroatoms. The van der Waals surface area contributed by atoms with Gasteiger partial charge in [0, 0.05) is 37.4 Å². The summed E-state index contributed by atoms with van der Waals surface area (Å²) < 4.78 is 8.93. The van der Waals surface area contributed by atoms with E-state index in [0.29, 0.717) is 5.82 Å². The highest BCUT2D eigenvalue weighted by Crippen LogP contribution is 2.43. The number of hydrogen-bond donors (Lipinski definition) is 0. The van der Waals surface area contributed by atoms with Crippen molar-refractivity contribution in [3.05, 3.63) is 170 Å². The number of hydrogen-bond acceptors (Lipinski definition) is 4. The fourth-order valence-electron chi connectivity index (χ4n) is 7.69. The first-order valence-electron chi connectivity index (χ1n) is 17.5. The van der Waals surface area contributed by atoms with Gasteiger partial charge in [0.15, 0.2) is 5.82 Å². The van der Waals surface area contributed by atoms with E-state index < -0.39 is 0 Å². The van der Waals surface area contributed by atoms with E-state index in [1.165, 1.54) is 32.2 Å². The SMILES string of the molecule is c1ccc(-c2ccc(-c3nc(-c4cc5c6cc(-c7ccc8ccccc8c7)ccc6oc5c5ccccc45)nc4c3sc3ccccc34)cc2)cc1. The summed E-state index contributed by atoms with van der Waals surface area (Å²) in [4.78, 5) is 10.8. The van der Waals surface area contributed by atoms with Gasteiger partial charge in [-0.25, -0.2) is 9.97 Å². The van der Waals surface area contributed by atoms with E-state index in [0.717, 1.165) is 70.7 Å². The van der Waals surface area contributed by atoms with Crippen molar-refractivity contribution in [2.75, 3.05) is 0 Å². The van der Waals surface area contributed by atoms with E-state index in [9.17, 15) is 0 Å². The molecule has 0 unspecified atom stereocenters. The predicted molar refractivity (Wildman–Crippen MR) is 219 cm³/mol. The number of nitrogens with zero attached hydrogens (tertiary/aromatic N) is 2. The van der Waals surface area contributed by atoms with E-state index in [4.69, 9.17) is 14.4 Å². The fraction of sp³-hybridized carbons (Fsp3) is 0. The third-order valence-electron chi connectivity index (χ3n) is 10.3. The molecule has 0 atom stereocenters. The van der Waals surface area contributed by atoms with Crippen molar-refractivity contribution in [1.29, 1.82) is 0 Å². The zero-order chi connectivity index (χ0) is 34.2. The number of benzene rings is 8. The Labute approximate surface area is 303 Å². The molecule has 0 N–H and O–H groups in total. The molecule has 242 valence electrons. The largest absolute Gasteiger partial charge is 0.455 e. The highest BCUT2D eigenvalue weighted by Gasteiger charge is 2.21. The van der Waals surface area contributed by atoms with Crippen LogP contribution < -0.4 is 0 Å². The second-order valence-electron chi connectivity index (χ2n) is 13.3. The quantitative estimate of drug-likeness (QED) is 0.186. The average molecular weight is 681 g/mol. The summed E-state index contributed by atoms with van der Waals surface area (Å²) in [6.07, 6.45) is 0. The first kappa shape index (κ1) is 29.1. The second-order valence-corrected chi connectivity index (χ2v) is 14.4. The van der Waals surface area contributed by atoms with Crippen LogP contribution in [0, 0.1) is 0 Å². The lowest BCUT2D eigenvalue weighted by Crippen LogP contribution is -1.95. The molecule has 0 saturated heterocycles. The van der Waals surface area contributed by atoms with Gasteiger partial charge in [0.25, 0.3) is 0 Å². The molecule has 11 aromatic rings. The maximum Gasteiger partial charge on any atom is 0.161 e. The Balaban J connectivity index is 1.15. The molecule has 0 bridgehead atoms. The Hall–Kier alpha value is -6.62. The molecule has 0 spiro atoms. The molecule has 0 aliphatic rings. The van der Waals surface area contributed by atoms with Crippen molar-refractivity contribution < 1.29 is 4.42 Å². The number of rotatable bonds is 4. The van der Waals surface area contributed by atoms with Gasteiger partial charge in [0.05, 0.1) is 15.9 Å². The molecular weight excluding hydrogens is 653 g/mol. The van der Waals surface area contributed by atoms with Gasteiger partial charge >= 0.3 is 0 Å². The van der Waals surface area contributed by atoms with Gasteiger partial charge in [-0.3, -0.25) is 0 Å². The molecule has 0 radical (unpaired) electrons. The van der Waals surface area contributed by atoms with Gasteiger partial charge in [-0.05, 0) is 68.7 Å². The summed E-state index contributed by atoms with van der Waals surface area (Å²) >= 11 is 1.76. The Morgan fingerprint density at radius 2 is 1.08 bits per heavy atom. The van der Waals surface area contributed by atoms with Crippen molar-refractivity contribution >= 4 is 75.1 Å². The number of thiophene rings is 1. The van der Waals surface area contributed by atoms with Crippen LogP contribution in [0.2, 0.25) is 0 Å². The van der Waals surface area contributed by atoms with Crippen molar-refractivity contribution in [2.24, 2.45) is 0 Å². The molecule has 0 aliphatic heterocycles. The predicted octanol–water partition coefficient (Wildman–Crippen LogP) is 13.7. The van der Waals surface area contributed by atoms with Crippen LogP contribution in [0.5, 0.6) is 0 Å². The van der Waals surface area contributed by atoms with E-state index in [-0.39, 0.29) is 0 Å². The number of furan rings is 1. The topological polar surface area (TPSA) is 38.9 Å². The molecule has 3 nitrogen and oxygen atoms in total. The van der Waals surface area contributed by atoms with Gasteiger partial charge < -0.3 is 4.42 Å². The van der Waals surface area contributed by atoms with E-state index in [1.807, 2.05) is 0 Å². The lowest BCUT2D eigenvalue weighted by Gasteiger charge is -2.11. The van der Waals surface area contributed by atoms with Crippen LogP contribution >= 0.6 is 11.3 Å². The summed E-state index contributed by atoms with van der Waals surface area (Å²) in [5.74, 6) is 0.705. The molecule has 0 fully saturated rings. The molecule has 52 heavy (non-hydrogen) atoms. The molecule has 0 saturated carbocycles. The van der Waals surface area contributed by atoms with Crippen LogP contribution in [-0.4, -0.2) is 9.97 Å². The Kier molecular flexibility index (Phi) is 6.42. The first-order chi connectivity index (χ1) is 25.7. The van der Waals surface area contributed by atoms with Gasteiger partial charge in [-0.15, -0.1) is 11.3 Å². The van der Waals surface area contributed by atoms with Crippen LogP contribution in [-0.2, 0) is 0 Å². The molecule has 3 aromatic heterocycles. The van der Waals surface area contributed by atoms with Crippen molar-refractivity contribution in [3.8, 4) is 44.9 Å². The minimum Gasteiger partial charge on any atom is -0.455 e. The summed E-state index contributed by atoms with van der Waals surface area (Å²) in [6, 6.07) is 60.2. The van der Waals surface area contributed by atoms with E-state index in [2.05, 4.69) is 170 Å². The minimum absolute atomic E-state index is 0.705. The van der Waals surface area contributed by atoms with Gasteiger partial charge in [-0.2, -0.15) is 0 Å². The third kappa shape index (κ3) is 4.58. The van der Waals surface area contributed by atoms with Gasteiger partial charge in [0.2, 0.25) is 0 Å². The molecule has 8 aromatic carbocycles. The molecule has 0 aliphatic carbocycles. The monoisotopic (exact) mass is 680 g/mol. The highest BCUT2D eigenvalue weighted by atomic mass is 32.1. The normalized spacial score (nSPS) is 11.8. The average Bonchev–Trinajstić information content (AvgIpc) is 3.79. The second kappa shape index (κ2) is 11.5. The smallest absolute Gasteiger partial charge is 0.161 e. The lowest BCUT2D eigenvalue weighted by atomic mass is 9.97. The molecular formula is C48H28N2OS. The summed E-state index contributed by atoms with van der Waals surface area (Å²) in [5.41, 5.74) is 10.4. The third-order valence-corrected chi connectivity index (χ3v) is 11.5. The maximum absolute atomic E-state index is 6.63. The summed E-state index contributed by atoms with van der Waals surface area (Å²) in [5, 5.41) is 7.85. The maximum atomic E-state index is 6.63. The van der Waals surface area contributed by atoms with Crippen LogP contribution in [0.15, 0.2) is 174 Å². The zero-order valence-electron chi connectivity index (χ0n) is 27.9. The number of aromatic nitrogens is 2. The van der Waals surface area contributed by atoms with Crippen LogP contribution in [0.4, 0.5) is 0 Å². The molecule has 11 rings (SSSR count). The Bertz CT molecular complexity index is 3180. The lowest BCUT2D eigenvalue weighted by molar-refractivity contribution is 0.673. The molecule has 0 amide bonds. The van der Waals surface area contributed by atoms with Crippen LogP contribution in [0.1, 0.15) is 0 Å². The zero-order valence-corrected chi connectivity index (χ0v) is 28.7. The summed E-state index contributed by atoms with van der Waals surface area (Å²) in [7, 11) is 0. The number of fused-ring (bicyclic) bond motifs is 9. The van der Waals surface area contributed by atoms with Crippen molar-refractivity contribution in [1.82, 2.24) is 9.97 Å². The first-order valence-corrected chi connectivity index (χ1v) is 18.3. The Morgan fingerprint density at radius 3 is 1.94 bits per heavy atom. The summed E-state index contributed by atoms with van der Waals surface area (Å²) in [6.45, 7) is 0. The van der Waals surface area contributed by atoms with Crippen molar-refractivity contribution in [3.63, 3.8) is 0 Å². The highest BCUT2D eigenvalue weighted by molar-refractivity contribution is 7.26. The van der Waals surface area contributed by atoms with E-state index >= 15 is 0 Å². The van der Waals surface area contributed by atoms with Crippen molar-refractivity contribution in [2.45, 2.75) is 0 Å². The molecule has 3 heterocycles. The van der Waals surface area contributed by atoms with Gasteiger partial charge in [0.1, 0.15) is 11.2 Å². The fourth-order valence-corrected chi connectivity index (χ4v) is 8.84. The van der Waals surface area contributed by atoms with Crippen LogP contribution in [0.3, 0.4) is 0 Å². The Morgan fingerprint density at radius 1 is 0.423 bits per heavy atom.